The molecule has 0 radical (unpaired) electrons. The number of nitrogens with one attached hydrogen (secondary N) is 1. The molecule has 0 unspecified atom stereocenters. The van der Waals surface area contributed by atoms with Crippen molar-refractivity contribution in [1.29, 1.82) is 0 Å². The van der Waals surface area contributed by atoms with Gasteiger partial charge in [0.05, 0.1) is 14.2 Å². The number of methoxy groups -OCH3 is 2. The number of amides is 2. The van der Waals surface area contributed by atoms with E-state index in [1.54, 1.807) is 46.9 Å². The molecule has 0 aliphatic heterocycles. The van der Waals surface area contributed by atoms with E-state index in [1.165, 1.54) is 0 Å². The second-order valence-electron chi connectivity index (χ2n) is 7.42. The van der Waals surface area contributed by atoms with Crippen molar-refractivity contribution in [3.05, 3.63) is 23.3 Å². The van der Waals surface area contributed by atoms with Crippen molar-refractivity contribution in [2.75, 3.05) is 27.8 Å². The molecule has 0 spiro atoms. The SMILES string of the molecule is COc1cc(C)c(CN(C)C(=O)CCCNC(=O)OC(C)(C)C)cc1OC. The minimum atomic E-state index is -0.530. The van der Waals surface area contributed by atoms with Gasteiger partial charge in [0.25, 0.3) is 0 Å². The Balaban J connectivity index is 2.50. The zero-order valence-corrected chi connectivity index (χ0v) is 17.5. The van der Waals surface area contributed by atoms with Crippen LogP contribution in [0.3, 0.4) is 0 Å². The lowest BCUT2D eigenvalue weighted by Crippen LogP contribution is -2.33. The monoisotopic (exact) mass is 380 g/mol. The van der Waals surface area contributed by atoms with Crippen LogP contribution < -0.4 is 14.8 Å². The Labute approximate surface area is 162 Å². The second-order valence-corrected chi connectivity index (χ2v) is 7.42. The number of carbonyl (C=O) groups excluding carboxylic acids is 2. The summed E-state index contributed by atoms with van der Waals surface area (Å²) in [6.07, 6.45) is 0.427. The van der Waals surface area contributed by atoms with Crippen LogP contribution in [0.2, 0.25) is 0 Å². The normalized spacial score (nSPS) is 10.9. The summed E-state index contributed by atoms with van der Waals surface area (Å²) in [5.74, 6) is 1.32. The molecule has 0 saturated heterocycles. The van der Waals surface area contributed by atoms with Gasteiger partial charge in [0, 0.05) is 26.6 Å². The first kappa shape index (κ1) is 22.6. The van der Waals surface area contributed by atoms with Crippen LogP contribution in [0.5, 0.6) is 11.5 Å². The first-order valence-electron chi connectivity index (χ1n) is 8.99. The van der Waals surface area contributed by atoms with Gasteiger partial charge in [-0.1, -0.05) is 0 Å². The number of hydrogen-bond acceptors (Lipinski definition) is 5. The fourth-order valence-corrected chi connectivity index (χ4v) is 2.47. The lowest BCUT2D eigenvalue weighted by atomic mass is 10.1. The molecule has 7 nitrogen and oxygen atoms in total. The number of aryl methyl sites for hydroxylation is 1. The Kier molecular flexibility index (Phi) is 8.40. The number of rotatable bonds is 8. The molecule has 1 N–H and O–H groups in total. The smallest absolute Gasteiger partial charge is 0.407 e. The standard InChI is InChI=1S/C20H32N2O5/c1-14-11-16(25-6)17(26-7)12-15(14)13-22(5)18(23)9-8-10-21-19(24)27-20(2,3)4/h11-12H,8-10,13H2,1-7H3,(H,21,24). The number of carbonyl (C=O) groups is 2. The second kappa shape index (κ2) is 10.0. The first-order valence-corrected chi connectivity index (χ1v) is 8.99. The largest absolute Gasteiger partial charge is 0.493 e. The first-order chi connectivity index (χ1) is 12.6. The molecule has 152 valence electrons. The van der Waals surface area contributed by atoms with Gasteiger partial charge in [-0.15, -0.1) is 0 Å². The van der Waals surface area contributed by atoms with Crippen LogP contribution in [0.25, 0.3) is 0 Å². The fraction of sp³-hybridized carbons (Fsp3) is 0.600. The van der Waals surface area contributed by atoms with Gasteiger partial charge >= 0.3 is 6.09 Å². The molecule has 0 bridgehead atoms. The molecule has 2 amide bonds. The number of hydrogen-bond donors (Lipinski definition) is 1. The summed E-state index contributed by atoms with van der Waals surface area (Å²) >= 11 is 0. The topological polar surface area (TPSA) is 77.1 Å². The third-order valence-corrected chi connectivity index (χ3v) is 3.91. The van der Waals surface area contributed by atoms with Crippen LogP contribution in [-0.2, 0) is 16.1 Å². The van der Waals surface area contributed by atoms with E-state index in [4.69, 9.17) is 14.2 Å². The molecule has 0 saturated carbocycles. The molecule has 7 heteroatoms. The van der Waals surface area contributed by atoms with Gasteiger partial charge in [-0.05, 0) is 57.4 Å². The zero-order chi connectivity index (χ0) is 20.6. The van der Waals surface area contributed by atoms with E-state index >= 15 is 0 Å². The van der Waals surface area contributed by atoms with Gasteiger partial charge in [-0.25, -0.2) is 4.79 Å². The molecule has 1 aromatic carbocycles. The van der Waals surface area contributed by atoms with E-state index in [9.17, 15) is 9.59 Å². The zero-order valence-electron chi connectivity index (χ0n) is 17.5. The summed E-state index contributed by atoms with van der Waals surface area (Å²) in [7, 11) is 4.95. The predicted molar refractivity (Wildman–Crippen MR) is 104 cm³/mol. The summed E-state index contributed by atoms with van der Waals surface area (Å²) < 4.78 is 15.8. The Morgan fingerprint density at radius 2 is 1.70 bits per heavy atom. The Morgan fingerprint density at radius 3 is 2.26 bits per heavy atom. The highest BCUT2D eigenvalue weighted by Gasteiger charge is 2.16. The number of ether oxygens (including phenoxy) is 3. The highest BCUT2D eigenvalue weighted by molar-refractivity contribution is 5.76. The molecule has 27 heavy (non-hydrogen) atoms. The van der Waals surface area contributed by atoms with E-state index in [0.29, 0.717) is 37.4 Å². The fourth-order valence-electron chi connectivity index (χ4n) is 2.47. The van der Waals surface area contributed by atoms with E-state index in [2.05, 4.69) is 5.32 Å². The van der Waals surface area contributed by atoms with Gasteiger partial charge in [-0.3, -0.25) is 4.79 Å². The van der Waals surface area contributed by atoms with E-state index in [0.717, 1.165) is 11.1 Å². The van der Waals surface area contributed by atoms with Crippen molar-refractivity contribution in [2.24, 2.45) is 0 Å². The molecule has 1 aromatic rings. The van der Waals surface area contributed by atoms with Crippen LogP contribution in [0, 0.1) is 6.92 Å². The van der Waals surface area contributed by atoms with Crippen LogP contribution in [0.15, 0.2) is 12.1 Å². The third kappa shape index (κ3) is 7.76. The summed E-state index contributed by atoms with van der Waals surface area (Å²) in [4.78, 5) is 25.6. The lowest BCUT2D eigenvalue weighted by molar-refractivity contribution is -0.130. The lowest BCUT2D eigenvalue weighted by Gasteiger charge is -2.21. The molecule has 0 atom stereocenters. The highest BCUT2D eigenvalue weighted by Crippen LogP contribution is 2.30. The number of alkyl carbamates (subject to hydrolysis) is 1. The van der Waals surface area contributed by atoms with E-state index in [-0.39, 0.29) is 5.91 Å². The van der Waals surface area contributed by atoms with Crippen molar-refractivity contribution >= 4 is 12.0 Å². The Bertz CT molecular complexity index is 653. The maximum Gasteiger partial charge on any atom is 0.407 e. The summed E-state index contributed by atoms with van der Waals surface area (Å²) in [6.45, 7) is 8.26. The molecule has 0 fully saturated rings. The van der Waals surface area contributed by atoms with Crippen molar-refractivity contribution < 1.29 is 23.8 Å². The van der Waals surface area contributed by atoms with Crippen LogP contribution in [-0.4, -0.2) is 50.3 Å². The summed E-state index contributed by atoms with van der Waals surface area (Å²) in [5, 5.41) is 2.66. The highest BCUT2D eigenvalue weighted by atomic mass is 16.6. The minimum Gasteiger partial charge on any atom is -0.493 e. The summed E-state index contributed by atoms with van der Waals surface area (Å²) in [6, 6.07) is 3.79. The van der Waals surface area contributed by atoms with Crippen LogP contribution in [0.1, 0.15) is 44.7 Å². The maximum atomic E-state index is 12.3. The minimum absolute atomic E-state index is 0.00942. The molecule has 0 aliphatic carbocycles. The van der Waals surface area contributed by atoms with E-state index < -0.39 is 11.7 Å². The van der Waals surface area contributed by atoms with Crippen molar-refractivity contribution in [3.8, 4) is 11.5 Å². The predicted octanol–water partition coefficient (Wildman–Crippen LogP) is 3.28. The number of benzene rings is 1. The van der Waals surface area contributed by atoms with Crippen LogP contribution >= 0.6 is 0 Å². The van der Waals surface area contributed by atoms with Gasteiger partial charge in [0.1, 0.15) is 5.60 Å². The molecular weight excluding hydrogens is 348 g/mol. The van der Waals surface area contributed by atoms with Gasteiger partial charge in [0.15, 0.2) is 11.5 Å². The Morgan fingerprint density at radius 1 is 1.11 bits per heavy atom. The molecule has 0 aliphatic rings. The van der Waals surface area contributed by atoms with Crippen molar-refractivity contribution in [3.63, 3.8) is 0 Å². The average Bonchev–Trinajstić information content (AvgIpc) is 2.58. The van der Waals surface area contributed by atoms with Crippen LogP contribution in [0.4, 0.5) is 4.79 Å². The Hall–Kier alpha value is -2.44. The quantitative estimate of drug-likeness (QED) is 0.701. The van der Waals surface area contributed by atoms with Crippen molar-refractivity contribution in [2.45, 2.75) is 52.7 Å². The molecule has 0 aromatic heterocycles. The third-order valence-electron chi connectivity index (χ3n) is 3.91. The van der Waals surface area contributed by atoms with Gasteiger partial charge < -0.3 is 24.4 Å². The van der Waals surface area contributed by atoms with Gasteiger partial charge in [0.2, 0.25) is 5.91 Å². The molecular formula is C20H32N2O5. The molecule has 1 rings (SSSR count). The van der Waals surface area contributed by atoms with Crippen molar-refractivity contribution in [1.82, 2.24) is 10.2 Å². The average molecular weight is 380 g/mol. The molecule has 0 heterocycles. The summed E-state index contributed by atoms with van der Waals surface area (Å²) in [5.41, 5.74) is 1.49. The van der Waals surface area contributed by atoms with E-state index in [1.807, 2.05) is 19.1 Å². The number of nitrogens with zero attached hydrogens (tertiary/aromatic N) is 1. The van der Waals surface area contributed by atoms with Gasteiger partial charge in [-0.2, -0.15) is 0 Å². The maximum absolute atomic E-state index is 12.3.